The van der Waals surface area contributed by atoms with Gasteiger partial charge in [-0.2, -0.15) is 5.26 Å². The smallest absolute Gasteiger partial charge is 0.328 e. The molecule has 0 aromatic carbocycles. The monoisotopic (exact) mass is 293 g/mol. The van der Waals surface area contributed by atoms with Crippen molar-refractivity contribution in [1.82, 2.24) is 19.7 Å². The summed E-state index contributed by atoms with van der Waals surface area (Å²) in [7, 11) is 0. The van der Waals surface area contributed by atoms with Crippen LogP contribution in [0.1, 0.15) is 12.8 Å². The first-order valence-electron chi connectivity index (χ1n) is 5.73. The molecule has 20 heavy (non-hydrogen) atoms. The number of hydrogen-bond acceptors (Lipinski definition) is 7. The summed E-state index contributed by atoms with van der Waals surface area (Å²) in [6.07, 6.45) is 1.36. The van der Waals surface area contributed by atoms with Gasteiger partial charge in [-0.25, -0.2) is 4.79 Å². The Morgan fingerprint density at radius 3 is 3.05 bits per heavy atom. The number of rotatable bonds is 5. The van der Waals surface area contributed by atoms with Crippen LogP contribution in [0.4, 0.5) is 0 Å². The Hall–Kier alpha value is -2.34. The first-order valence-corrected chi connectivity index (χ1v) is 6.71. The van der Waals surface area contributed by atoms with E-state index in [1.807, 2.05) is 0 Å². The van der Waals surface area contributed by atoms with Crippen molar-refractivity contribution in [2.75, 3.05) is 5.75 Å². The molecule has 0 spiro atoms. The summed E-state index contributed by atoms with van der Waals surface area (Å²) in [5.41, 5.74) is -0.999. The molecule has 2 aromatic heterocycles. The van der Waals surface area contributed by atoms with Gasteiger partial charge in [0.2, 0.25) is 5.89 Å². The highest BCUT2D eigenvalue weighted by Gasteiger charge is 2.10. The van der Waals surface area contributed by atoms with Crippen molar-refractivity contribution in [3.63, 3.8) is 0 Å². The Kier molecular flexibility index (Phi) is 4.37. The van der Waals surface area contributed by atoms with Crippen LogP contribution in [0.15, 0.2) is 31.5 Å². The molecular weight excluding hydrogens is 282 g/mol. The van der Waals surface area contributed by atoms with Crippen LogP contribution < -0.4 is 11.2 Å². The molecular formula is C11H11N5O3S. The fourth-order valence-corrected chi connectivity index (χ4v) is 2.03. The number of hydrogen-bond donors (Lipinski definition) is 1. The first kappa shape index (κ1) is 14.1. The molecule has 0 saturated carbocycles. The van der Waals surface area contributed by atoms with Crippen molar-refractivity contribution < 1.29 is 4.42 Å². The van der Waals surface area contributed by atoms with Gasteiger partial charge in [0.25, 0.3) is 10.8 Å². The average Bonchev–Trinajstić information content (AvgIpc) is 2.87. The van der Waals surface area contributed by atoms with Crippen molar-refractivity contribution in [3.8, 4) is 6.07 Å². The number of nitriles is 1. The Morgan fingerprint density at radius 2 is 2.35 bits per heavy atom. The van der Waals surface area contributed by atoms with Gasteiger partial charge in [0.15, 0.2) is 0 Å². The molecule has 0 bridgehead atoms. The zero-order valence-electron chi connectivity index (χ0n) is 10.6. The van der Waals surface area contributed by atoms with E-state index in [2.05, 4.69) is 21.3 Å². The topological polar surface area (TPSA) is 118 Å². The maximum absolute atomic E-state index is 11.5. The van der Waals surface area contributed by atoms with Crippen LogP contribution in [0.3, 0.4) is 0 Å². The normalized spacial score (nSPS) is 12.0. The van der Waals surface area contributed by atoms with Crippen molar-refractivity contribution in [2.45, 2.75) is 18.7 Å². The van der Waals surface area contributed by atoms with Gasteiger partial charge >= 0.3 is 5.69 Å². The summed E-state index contributed by atoms with van der Waals surface area (Å²) < 4.78 is 6.60. The van der Waals surface area contributed by atoms with Gasteiger partial charge in [0, 0.05) is 18.0 Å². The van der Waals surface area contributed by atoms with E-state index in [1.54, 1.807) is 6.92 Å². The lowest BCUT2D eigenvalue weighted by Crippen LogP contribution is -2.28. The van der Waals surface area contributed by atoms with E-state index in [9.17, 15) is 9.59 Å². The SMILES string of the molecule is CC(C#N)CSc1nnc(Cn2ccc(=O)[nH]c2=O)o1. The Labute approximate surface area is 117 Å². The Bertz CT molecular complexity index is 741. The molecule has 104 valence electrons. The molecule has 0 saturated heterocycles. The summed E-state index contributed by atoms with van der Waals surface area (Å²) in [5.74, 6) is 0.694. The Morgan fingerprint density at radius 1 is 1.55 bits per heavy atom. The van der Waals surface area contributed by atoms with Crippen LogP contribution in [0.5, 0.6) is 0 Å². The number of aromatic amines is 1. The lowest BCUT2D eigenvalue weighted by Gasteiger charge is -1.99. The van der Waals surface area contributed by atoms with Crippen molar-refractivity contribution in [2.24, 2.45) is 5.92 Å². The highest BCUT2D eigenvalue weighted by Crippen LogP contribution is 2.18. The highest BCUT2D eigenvalue weighted by atomic mass is 32.2. The molecule has 2 heterocycles. The van der Waals surface area contributed by atoms with E-state index in [4.69, 9.17) is 9.68 Å². The van der Waals surface area contributed by atoms with Gasteiger partial charge in [-0.05, 0) is 6.92 Å². The van der Waals surface area contributed by atoms with Crippen molar-refractivity contribution in [1.29, 1.82) is 5.26 Å². The van der Waals surface area contributed by atoms with E-state index < -0.39 is 11.2 Å². The molecule has 0 radical (unpaired) electrons. The molecule has 1 atom stereocenters. The summed E-state index contributed by atoms with van der Waals surface area (Å²) in [5, 5.41) is 16.6. The number of aromatic nitrogens is 4. The zero-order chi connectivity index (χ0) is 14.5. The molecule has 1 unspecified atom stereocenters. The molecule has 1 N–H and O–H groups in total. The zero-order valence-corrected chi connectivity index (χ0v) is 11.4. The van der Waals surface area contributed by atoms with Gasteiger partial charge in [0.05, 0.1) is 12.0 Å². The predicted octanol–water partition coefficient (Wildman–Crippen LogP) is 0.220. The number of nitrogens with one attached hydrogen (secondary N) is 1. The summed E-state index contributed by atoms with van der Waals surface area (Å²) in [4.78, 5) is 24.5. The third kappa shape index (κ3) is 3.58. The molecule has 0 fully saturated rings. The van der Waals surface area contributed by atoms with E-state index in [0.717, 1.165) is 0 Å². The third-order valence-electron chi connectivity index (χ3n) is 2.33. The fraction of sp³-hybridized carbons (Fsp3) is 0.364. The van der Waals surface area contributed by atoms with E-state index in [1.165, 1.54) is 28.6 Å². The van der Waals surface area contributed by atoms with Gasteiger partial charge in [-0.1, -0.05) is 11.8 Å². The van der Waals surface area contributed by atoms with Crippen LogP contribution in [-0.2, 0) is 6.54 Å². The molecule has 0 amide bonds. The third-order valence-corrected chi connectivity index (χ3v) is 3.41. The molecule has 2 rings (SSSR count). The van der Waals surface area contributed by atoms with Gasteiger partial charge in [-0.3, -0.25) is 14.3 Å². The van der Waals surface area contributed by atoms with Crippen molar-refractivity contribution in [3.05, 3.63) is 39.0 Å². The van der Waals surface area contributed by atoms with E-state index >= 15 is 0 Å². The fourth-order valence-electron chi connectivity index (χ4n) is 1.31. The highest BCUT2D eigenvalue weighted by molar-refractivity contribution is 7.99. The van der Waals surface area contributed by atoms with Crippen LogP contribution >= 0.6 is 11.8 Å². The summed E-state index contributed by atoms with van der Waals surface area (Å²) in [6, 6.07) is 3.34. The molecule has 0 aliphatic heterocycles. The van der Waals surface area contributed by atoms with Crippen LogP contribution in [0, 0.1) is 17.2 Å². The molecule has 2 aromatic rings. The minimum absolute atomic E-state index is 0.0803. The number of thioether (sulfide) groups is 1. The van der Waals surface area contributed by atoms with Gasteiger partial charge in [0.1, 0.15) is 6.54 Å². The lowest BCUT2D eigenvalue weighted by atomic mass is 10.3. The summed E-state index contributed by atoms with van der Waals surface area (Å²) in [6.45, 7) is 1.88. The van der Waals surface area contributed by atoms with Crippen LogP contribution in [-0.4, -0.2) is 25.5 Å². The lowest BCUT2D eigenvalue weighted by molar-refractivity contribution is 0.401. The second-order valence-electron chi connectivity index (χ2n) is 4.04. The number of nitrogens with zero attached hydrogens (tertiary/aromatic N) is 4. The maximum atomic E-state index is 11.5. The minimum Gasteiger partial charge on any atom is -0.414 e. The second-order valence-corrected chi connectivity index (χ2v) is 5.01. The van der Waals surface area contributed by atoms with E-state index in [0.29, 0.717) is 11.0 Å². The largest absolute Gasteiger partial charge is 0.414 e. The molecule has 9 heteroatoms. The standard InChI is InChI=1S/C11H11N5O3S/c1-7(4-12)6-20-11-15-14-9(19-11)5-16-3-2-8(17)13-10(16)18/h2-3,7H,5-6H2,1H3,(H,13,17,18). The minimum atomic E-state index is -0.539. The maximum Gasteiger partial charge on any atom is 0.328 e. The van der Waals surface area contributed by atoms with E-state index in [-0.39, 0.29) is 18.4 Å². The van der Waals surface area contributed by atoms with Crippen molar-refractivity contribution >= 4 is 11.8 Å². The second kappa shape index (κ2) is 6.21. The Balaban J connectivity index is 2.04. The summed E-state index contributed by atoms with van der Waals surface area (Å²) >= 11 is 1.28. The van der Waals surface area contributed by atoms with Gasteiger partial charge in [-0.15, -0.1) is 10.2 Å². The molecule has 0 aliphatic carbocycles. The first-order chi connectivity index (χ1) is 9.58. The van der Waals surface area contributed by atoms with Crippen LogP contribution in [0.2, 0.25) is 0 Å². The quantitative estimate of drug-likeness (QED) is 0.783. The van der Waals surface area contributed by atoms with Crippen LogP contribution in [0.25, 0.3) is 0 Å². The predicted molar refractivity (Wildman–Crippen MR) is 70.2 cm³/mol. The number of H-pyrrole nitrogens is 1. The average molecular weight is 293 g/mol. The molecule has 8 nitrogen and oxygen atoms in total. The molecule has 0 aliphatic rings. The van der Waals surface area contributed by atoms with Gasteiger partial charge < -0.3 is 4.42 Å².